The van der Waals surface area contributed by atoms with Crippen molar-refractivity contribution in [3.63, 3.8) is 0 Å². The van der Waals surface area contributed by atoms with Crippen molar-refractivity contribution < 1.29 is 18.7 Å². The number of hydrogen-bond acceptors (Lipinski definition) is 3. The molecule has 0 aromatic heterocycles. The lowest BCUT2D eigenvalue weighted by molar-refractivity contribution is -0.136. The number of anilines is 1. The van der Waals surface area contributed by atoms with Gasteiger partial charge in [-0.1, -0.05) is 17.7 Å². The second-order valence-electron chi connectivity index (χ2n) is 6.40. The van der Waals surface area contributed by atoms with Crippen LogP contribution in [0.1, 0.15) is 12.8 Å². The highest BCUT2D eigenvalue weighted by Crippen LogP contribution is 2.21. The van der Waals surface area contributed by atoms with E-state index < -0.39 is 5.82 Å². The molecule has 2 aromatic rings. The largest absolute Gasteiger partial charge is 0.484 e. The molecule has 2 amide bonds. The van der Waals surface area contributed by atoms with Gasteiger partial charge in [0.25, 0.3) is 5.91 Å². The second-order valence-corrected chi connectivity index (χ2v) is 6.83. The molecule has 1 aliphatic heterocycles. The zero-order chi connectivity index (χ0) is 19.2. The summed E-state index contributed by atoms with van der Waals surface area (Å²) in [6, 6.07) is 12.6. The maximum atomic E-state index is 13.2. The van der Waals surface area contributed by atoms with E-state index in [1.807, 2.05) is 0 Å². The molecular formula is C20H20ClFN2O3. The van der Waals surface area contributed by atoms with Crippen LogP contribution < -0.4 is 10.1 Å². The molecule has 1 N–H and O–H groups in total. The lowest BCUT2D eigenvalue weighted by Crippen LogP contribution is -2.43. The van der Waals surface area contributed by atoms with Gasteiger partial charge in [-0.05, 0) is 55.3 Å². The number of likely N-dealkylation sites (tertiary alicyclic amines) is 1. The van der Waals surface area contributed by atoms with E-state index in [0.717, 1.165) is 0 Å². The molecule has 5 nitrogen and oxygen atoms in total. The van der Waals surface area contributed by atoms with E-state index in [2.05, 4.69) is 5.32 Å². The average Bonchev–Trinajstić information content (AvgIpc) is 2.67. The Hall–Kier alpha value is -2.60. The number of nitrogens with zero attached hydrogens (tertiary/aromatic N) is 1. The Kier molecular flexibility index (Phi) is 6.29. The fraction of sp³-hybridized carbons (Fsp3) is 0.300. The van der Waals surface area contributed by atoms with E-state index in [1.165, 1.54) is 12.1 Å². The van der Waals surface area contributed by atoms with Crippen LogP contribution in [-0.2, 0) is 9.59 Å². The van der Waals surface area contributed by atoms with E-state index >= 15 is 0 Å². The number of nitrogens with one attached hydrogen (secondary N) is 1. The molecule has 0 radical (unpaired) electrons. The first-order valence-corrected chi connectivity index (χ1v) is 9.11. The van der Waals surface area contributed by atoms with Crippen LogP contribution in [0.5, 0.6) is 5.75 Å². The summed E-state index contributed by atoms with van der Waals surface area (Å²) in [5, 5.41) is 3.33. The van der Waals surface area contributed by atoms with Crippen LogP contribution in [0.4, 0.5) is 10.1 Å². The van der Waals surface area contributed by atoms with Crippen LogP contribution in [0, 0.1) is 11.7 Å². The molecule has 2 aromatic carbocycles. The number of hydrogen-bond donors (Lipinski definition) is 1. The van der Waals surface area contributed by atoms with E-state index in [9.17, 15) is 14.0 Å². The van der Waals surface area contributed by atoms with Gasteiger partial charge in [-0.25, -0.2) is 4.39 Å². The summed E-state index contributed by atoms with van der Waals surface area (Å²) in [7, 11) is 0. The van der Waals surface area contributed by atoms with Crippen molar-refractivity contribution in [1.82, 2.24) is 4.90 Å². The number of halogens is 2. The number of ether oxygens (including phenoxy) is 1. The summed E-state index contributed by atoms with van der Waals surface area (Å²) in [6.07, 6.45) is 1.13. The van der Waals surface area contributed by atoms with Crippen LogP contribution in [0.3, 0.4) is 0 Å². The summed E-state index contributed by atoms with van der Waals surface area (Å²) < 4.78 is 18.7. The van der Waals surface area contributed by atoms with Crippen LogP contribution >= 0.6 is 11.6 Å². The number of amides is 2. The molecule has 1 saturated heterocycles. The van der Waals surface area contributed by atoms with Gasteiger partial charge in [0.15, 0.2) is 6.61 Å². The molecule has 1 fully saturated rings. The second kappa shape index (κ2) is 8.86. The van der Waals surface area contributed by atoms with Crippen LogP contribution in [0.15, 0.2) is 48.5 Å². The first-order valence-electron chi connectivity index (χ1n) is 8.74. The fourth-order valence-corrected chi connectivity index (χ4v) is 3.09. The molecule has 0 bridgehead atoms. The minimum Gasteiger partial charge on any atom is -0.484 e. The summed E-state index contributed by atoms with van der Waals surface area (Å²) >= 11 is 5.81. The van der Waals surface area contributed by atoms with Gasteiger partial charge in [0.2, 0.25) is 5.91 Å². The Morgan fingerprint density at radius 3 is 2.52 bits per heavy atom. The minimum atomic E-state index is -0.395. The molecule has 1 heterocycles. The third kappa shape index (κ3) is 5.44. The molecular weight excluding hydrogens is 371 g/mol. The molecule has 7 heteroatoms. The predicted molar refractivity (Wildman–Crippen MR) is 101 cm³/mol. The molecule has 1 aliphatic rings. The van der Waals surface area contributed by atoms with Crippen molar-refractivity contribution >= 4 is 29.1 Å². The zero-order valence-electron chi connectivity index (χ0n) is 14.7. The molecule has 0 aliphatic carbocycles. The van der Waals surface area contributed by atoms with Crippen molar-refractivity contribution in [2.75, 3.05) is 25.0 Å². The van der Waals surface area contributed by atoms with Gasteiger partial charge >= 0.3 is 0 Å². The highest BCUT2D eigenvalue weighted by molar-refractivity contribution is 6.30. The smallest absolute Gasteiger partial charge is 0.260 e. The molecule has 0 atom stereocenters. The number of piperidine rings is 1. The monoisotopic (exact) mass is 390 g/mol. The van der Waals surface area contributed by atoms with E-state index in [-0.39, 0.29) is 24.3 Å². The molecule has 0 saturated carbocycles. The van der Waals surface area contributed by atoms with Crippen molar-refractivity contribution in [1.29, 1.82) is 0 Å². The molecule has 3 rings (SSSR count). The SMILES string of the molecule is O=C(Nc1cccc(F)c1)C1CCN(C(=O)COc2ccc(Cl)cc2)CC1. The predicted octanol–water partition coefficient (Wildman–Crippen LogP) is 3.74. The quantitative estimate of drug-likeness (QED) is 0.846. The third-order valence-corrected chi connectivity index (χ3v) is 4.74. The van der Waals surface area contributed by atoms with Gasteiger partial charge in [-0.3, -0.25) is 9.59 Å². The van der Waals surface area contributed by atoms with Crippen LogP contribution in [-0.4, -0.2) is 36.4 Å². The lowest BCUT2D eigenvalue weighted by atomic mass is 9.95. The standard InChI is InChI=1S/C20H20ClFN2O3/c21-15-4-6-18(7-5-15)27-13-19(25)24-10-8-14(9-11-24)20(26)23-17-3-1-2-16(22)12-17/h1-7,12,14H,8-11,13H2,(H,23,26). The summed E-state index contributed by atoms with van der Waals surface area (Å²) in [4.78, 5) is 26.3. The van der Waals surface area contributed by atoms with Crippen molar-refractivity contribution in [2.24, 2.45) is 5.92 Å². The fourth-order valence-electron chi connectivity index (χ4n) is 2.97. The van der Waals surface area contributed by atoms with Gasteiger partial charge < -0.3 is 15.0 Å². The van der Waals surface area contributed by atoms with Gasteiger partial charge in [-0.2, -0.15) is 0 Å². The molecule has 0 unspecified atom stereocenters. The average molecular weight is 391 g/mol. The van der Waals surface area contributed by atoms with Crippen molar-refractivity contribution in [3.05, 3.63) is 59.4 Å². The van der Waals surface area contributed by atoms with Gasteiger partial charge in [0, 0.05) is 29.7 Å². The summed E-state index contributed by atoms with van der Waals surface area (Å²) in [5.74, 6) is -0.278. The normalized spacial score (nSPS) is 14.7. The zero-order valence-corrected chi connectivity index (χ0v) is 15.4. The van der Waals surface area contributed by atoms with Gasteiger partial charge in [0.1, 0.15) is 11.6 Å². The Bertz CT molecular complexity index is 805. The van der Waals surface area contributed by atoms with E-state index in [1.54, 1.807) is 41.3 Å². The van der Waals surface area contributed by atoms with Crippen molar-refractivity contribution in [2.45, 2.75) is 12.8 Å². The first kappa shape index (κ1) is 19.2. The highest BCUT2D eigenvalue weighted by atomic mass is 35.5. The Morgan fingerprint density at radius 2 is 1.85 bits per heavy atom. The summed E-state index contributed by atoms with van der Waals surface area (Å²) in [6.45, 7) is 0.926. The number of benzene rings is 2. The molecule has 27 heavy (non-hydrogen) atoms. The highest BCUT2D eigenvalue weighted by Gasteiger charge is 2.27. The Labute approximate surface area is 162 Å². The summed E-state index contributed by atoms with van der Waals surface area (Å²) in [5.41, 5.74) is 0.440. The maximum Gasteiger partial charge on any atom is 0.260 e. The topological polar surface area (TPSA) is 58.6 Å². The van der Waals surface area contributed by atoms with Crippen molar-refractivity contribution in [3.8, 4) is 5.75 Å². The first-order chi connectivity index (χ1) is 13.0. The number of carbonyl (C=O) groups excluding carboxylic acids is 2. The molecule has 142 valence electrons. The number of carbonyl (C=O) groups is 2. The number of rotatable bonds is 5. The third-order valence-electron chi connectivity index (χ3n) is 4.49. The lowest BCUT2D eigenvalue weighted by Gasteiger charge is -2.31. The Balaban J connectivity index is 1.44. The Morgan fingerprint density at radius 1 is 1.15 bits per heavy atom. The minimum absolute atomic E-state index is 0.0538. The van der Waals surface area contributed by atoms with Crippen LogP contribution in [0.25, 0.3) is 0 Å². The van der Waals surface area contributed by atoms with Gasteiger partial charge in [-0.15, -0.1) is 0 Å². The van der Waals surface area contributed by atoms with Crippen LogP contribution in [0.2, 0.25) is 5.02 Å². The van der Waals surface area contributed by atoms with Gasteiger partial charge in [0.05, 0.1) is 0 Å². The maximum absolute atomic E-state index is 13.2. The van der Waals surface area contributed by atoms with E-state index in [0.29, 0.717) is 42.4 Å². The molecule has 0 spiro atoms. The van der Waals surface area contributed by atoms with E-state index in [4.69, 9.17) is 16.3 Å².